The van der Waals surface area contributed by atoms with Crippen LogP contribution in [0.4, 0.5) is 0 Å². The molecule has 0 bridgehead atoms. The number of methoxy groups -OCH3 is 1. The van der Waals surface area contributed by atoms with Crippen molar-refractivity contribution in [2.24, 2.45) is 0 Å². The number of benzene rings is 1. The molecular formula is C17H22ClN2O-. The first kappa shape index (κ1) is 14.7. The van der Waals surface area contributed by atoms with Crippen molar-refractivity contribution in [2.45, 2.75) is 44.1 Å². The van der Waals surface area contributed by atoms with Crippen LogP contribution in [0.5, 0.6) is 5.75 Å². The molecule has 0 unspecified atom stereocenters. The van der Waals surface area contributed by atoms with Crippen LogP contribution in [0.2, 0.25) is 0 Å². The van der Waals surface area contributed by atoms with Crippen molar-refractivity contribution in [1.29, 1.82) is 0 Å². The van der Waals surface area contributed by atoms with E-state index in [1.807, 2.05) is 6.07 Å². The van der Waals surface area contributed by atoms with E-state index >= 15 is 0 Å². The molecule has 0 amide bonds. The minimum atomic E-state index is 0. The van der Waals surface area contributed by atoms with Crippen LogP contribution in [0.15, 0.2) is 18.2 Å². The van der Waals surface area contributed by atoms with Crippen molar-refractivity contribution in [1.82, 2.24) is 10.3 Å². The fourth-order valence-corrected chi connectivity index (χ4v) is 4.12. The summed E-state index contributed by atoms with van der Waals surface area (Å²) in [6.45, 7) is 1.09. The predicted molar refractivity (Wildman–Crippen MR) is 81.3 cm³/mol. The van der Waals surface area contributed by atoms with Gasteiger partial charge >= 0.3 is 0 Å². The Labute approximate surface area is 131 Å². The number of aromatic nitrogens is 1. The molecule has 2 aliphatic rings. The van der Waals surface area contributed by atoms with Crippen LogP contribution in [0, 0.1) is 0 Å². The summed E-state index contributed by atoms with van der Waals surface area (Å²) < 4.78 is 5.39. The van der Waals surface area contributed by atoms with Gasteiger partial charge in [0.05, 0.1) is 12.6 Å². The molecule has 114 valence electrons. The van der Waals surface area contributed by atoms with Gasteiger partial charge in [-0.3, -0.25) is 0 Å². The van der Waals surface area contributed by atoms with E-state index in [1.54, 1.807) is 7.11 Å². The molecule has 3 nitrogen and oxygen atoms in total. The number of hydrogen-bond donors (Lipinski definition) is 2. The van der Waals surface area contributed by atoms with Crippen LogP contribution in [-0.2, 0) is 12.0 Å². The van der Waals surface area contributed by atoms with Gasteiger partial charge in [-0.2, -0.15) is 0 Å². The van der Waals surface area contributed by atoms with Crippen molar-refractivity contribution < 1.29 is 17.1 Å². The predicted octanol–water partition coefficient (Wildman–Crippen LogP) is 0.486. The number of hydrogen-bond acceptors (Lipinski definition) is 2. The maximum absolute atomic E-state index is 5.39. The maximum atomic E-state index is 5.39. The first-order valence-electron chi connectivity index (χ1n) is 7.76. The van der Waals surface area contributed by atoms with Crippen molar-refractivity contribution in [3.8, 4) is 5.75 Å². The quantitative estimate of drug-likeness (QED) is 0.804. The summed E-state index contributed by atoms with van der Waals surface area (Å²) in [5.74, 6) is 0.954. The van der Waals surface area contributed by atoms with Gasteiger partial charge in [0.25, 0.3) is 0 Å². The van der Waals surface area contributed by atoms with Gasteiger partial charge in [0.1, 0.15) is 5.75 Å². The highest BCUT2D eigenvalue weighted by Gasteiger charge is 2.39. The summed E-state index contributed by atoms with van der Waals surface area (Å²) >= 11 is 0. The topological polar surface area (TPSA) is 37.0 Å². The fourth-order valence-electron chi connectivity index (χ4n) is 4.12. The van der Waals surface area contributed by atoms with Crippen molar-refractivity contribution in [2.75, 3.05) is 13.7 Å². The highest BCUT2D eigenvalue weighted by molar-refractivity contribution is 5.86. The third kappa shape index (κ3) is 2.23. The second kappa shape index (κ2) is 5.54. The summed E-state index contributed by atoms with van der Waals surface area (Å²) in [5, 5.41) is 5.17. The Bertz CT molecular complexity index is 644. The molecule has 0 atom stereocenters. The molecule has 1 aromatic heterocycles. The van der Waals surface area contributed by atoms with E-state index < -0.39 is 0 Å². The first-order chi connectivity index (χ1) is 9.82. The van der Waals surface area contributed by atoms with Crippen LogP contribution in [-0.4, -0.2) is 18.6 Å². The number of fused-ring (bicyclic) bond motifs is 4. The van der Waals surface area contributed by atoms with E-state index in [9.17, 15) is 0 Å². The van der Waals surface area contributed by atoms with Crippen LogP contribution in [0.25, 0.3) is 10.9 Å². The number of ether oxygens (including phenoxy) is 1. The molecule has 4 heteroatoms. The molecule has 1 spiro atoms. The molecule has 1 aliphatic carbocycles. The second-order valence-electron chi connectivity index (χ2n) is 6.21. The van der Waals surface area contributed by atoms with Crippen LogP contribution < -0.4 is 22.5 Å². The average Bonchev–Trinajstić information content (AvgIpc) is 2.88. The molecule has 1 fully saturated rings. The Morgan fingerprint density at radius 3 is 2.71 bits per heavy atom. The lowest BCUT2D eigenvalue weighted by molar-refractivity contribution is -0.00000467. The lowest BCUT2D eigenvalue weighted by Crippen LogP contribution is -3.00. The zero-order valence-corrected chi connectivity index (χ0v) is 13.2. The smallest absolute Gasteiger partial charge is 0.119 e. The lowest BCUT2D eigenvalue weighted by Gasteiger charge is -2.41. The summed E-state index contributed by atoms with van der Waals surface area (Å²) in [5.41, 5.74) is 4.42. The van der Waals surface area contributed by atoms with Gasteiger partial charge in [-0.15, -0.1) is 0 Å². The molecule has 2 N–H and O–H groups in total. The normalized spacial score (nSPS) is 20.0. The SMILES string of the molecule is COc1ccc2[nH]c3c(c2c1)CCNC31CCCCC1.[Cl-]. The lowest BCUT2D eigenvalue weighted by atomic mass is 9.75. The van der Waals surface area contributed by atoms with Crippen molar-refractivity contribution in [3.63, 3.8) is 0 Å². The van der Waals surface area contributed by atoms with E-state index in [-0.39, 0.29) is 17.9 Å². The van der Waals surface area contributed by atoms with Gasteiger partial charge in [-0.25, -0.2) is 0 Å². The third-order valence-electron chi connectivity index (χ3n) is 5.14. The minimum absolute atomic E-state index is 0. The van der Waals surface area contributed by atoms with E-state index in [0.29, 0.717) is 0 Å². The van der Waals surface area contributed by atoms with E-state index in [1.165, 1.54) is 54.3 Å². The van der Waals surface area contributed by atoms with E-state index in [2.05, 4.69) is 22.4 Å². The maximum Gasteiger partial charge on any atom is 0.119 e. The minimum Gasteiger partial charge on any atom is -1.00 e. The molecule has 21 heavy (non-hydrogen) atoms. The molecule has 1 aliphatic heterocycles. The molecule has 0 saturated heterocycles. The summed E-state index contributed by atoms with van der Waals surface area (Å²) in [7, 11) is 1.74. The molecule has 2 aromatic rings. The third-order valence-corrected chi connectivity index (χ3v) is 5.14. The molecule has 2 heterocycles. The Balaban J connectivity index is 0.00000132. The highest BCUT2D eigenvalue weighted by Crippen LogP contribution is 2.43. The first-order valence-corrected chi connectivity index (χ1v) is 7.76. The number of H-pyrrole nitrogens is 1. The van der Waals surface area contributed by atoms with E-state index in [4.69, 9.17) is 4.74 Å². The standard InChI is InChI=1S/C17H22N2O.ClH/c1-20-12-5-6-15-14(11-12)13-7-10-18-17(16(13)19-15)8-3-2-4-9-17;/h5-6,11,18-19H,2-4,7-10H2,1H3;1H/p-1. The zero-order chi connectivity index (χ0) is 13.6. The Morgan fingerprint density at radius 1 is 1.14 bits per heavy atom. The molecular weight excluding hydrogens is 284 g/mol. The summed E-state index contributed by atoms with van der Waals surface area (Å²) in [4.78, 5) is 3.71. The molecule has 0 radical (unpaired) electrons. The van der Waals surface area contributed by atoms with Gasteiger partial charge in [0.2, 0.25) is 0 Å². The van der Waals surface area contributed by atoms with E-state index in [0.717, 1.165) is 18.7 Å². The largest absolute Gasteiger partial charge is 1.00 e. The number of halogens is 1. The summed E-state index contributed by atoms with van der Waals surface area (Å²) in [6, 6.07) is 6.39. The number of aromatic amines is 1. The zero-order valence-electron chi connectivity index (χ0n) is 12.5. The van der Waals surface area contributed by atoms with Crippen LogP contribution in [0.1, 0.15) is 43.4 Å². The molecule has 1 saturated carbocycles. The Hall–Kier alpha value is -1.19. The van der Waals surface area contributed by atoms with Gasteiger partial charge < -0.3 is 27.4 Å². The van der Waals surface area contributed by atoms with Gasteiger partial charge in [-0.05, 0) is 43.0 Å². The number of rotatable bonds is 1. The Kier molecular flexibility index (Phi) is 3.89. The van der Waals surface area contributed by atoms with Gasteiger partial charge in [0.15, 0.2) is 0 Å². The van der Waals surface area contributed by atoms with Gasteiger partial charge in [0, 0.05) is 23.1 Å². The second-order valence-corrected chi connectivity index (χ2v) is 6.21. The fraction of sp³-hybridized carbons (Fsp3) is 0.529. The van der Waals surface area contributed by atoms with Crippen molar-refractivity contribution in [3.05, 3.63) is 29.5 Å². The summed E-state index contributed by atoms with van der Waals surface area (Å²) in [6.07, 6.45) is 7.71. The van der Waals surface area contributed by atoms with Crippen molar-refractivity contribution >= 4 is 10.9 Å². The molecule has 4 rings (SSSR count). The Morgan fingerprint density at radius 2 is 1.95 bits per heavy atom. The van der Waals surface area contributed by atoms with Crippen LogP contribution >= 0.6 is 0 Å². The average molecular weight is 306 g/mol. The highest BCUT2D eigenvalue weighted by atomic mass is 35.5. The monoisotopic (exact) mass is 305 g/mol. The van der Waals surface area contributed by atoms with Crippen LogP contribution in [0.3, 0.4) is 0 Å². The number of nitrogens with one attached hydrogen (secondary N) is 2. The molecule has 1 aromatic carbocycles. The van der Waals surface area contributed by atoms with Gasteiger partial charge in [-0.1, -0.05) is 19.3 Å².